The van der Waals surface area contributed by atoms with Gasteiger partial charge in [0.2, 0.25) is 0 Å². The van der Waals surface area contributed by atoms with Crippen LogP contribution < -0.4 is 5.32 Å². The largest absolute Gasteiger partial charge is 0.359 e. The van der Waals surface area contributed by atoms with Crippen LogP contribution in [0.3, 0.4) is 0 Å². The Kier molecular flexibility index (Phi) is 3.68. The van der Waals surface area contributed by atoms with Gasteiger partial charge in [-0.2, -0.15) is 0 Å². The molecule has 1 heterocycles. The molecule has 0 amide bonds. The summed E-state index contributed by atoms with van der Waals surface area (Å²) in [5, 5.41) is 5.42. The predicted molar refractivity (Wildman–Crippen MR) is 84.2 cm³/mol. The molecule has 1 N–H and O–H groups in total. The van der Waals surface area contributed by atoms with Gasteiger partial charge in [-0.05, 0) is 43.2 Å². The summed E-state index contributed by atoms with van der Waals surface area (Å²) in [6.45, 7) is 4.69. The van der Waals surface area contributed by atoms with Crippen molar-refractivity contribution in [2.75, 3.05) is 5.32 Å². The standard InChI is InChI=1S/C15H19ClN2S/c1-9-6-10(2)8-11(7-9)17-15-18-13-5-3-4-12(16)14(13)19-15/h3-5,9-11H,6-8H2,1-2H3,(H,17,18). The molecule has 1 saturated carbocycles. The number of anilines is 1. The zero-order valence-corrected chi connectivity index (χ0v) is 12.9. The van der Waals surface area contributed by atoms with Gasteiger partial charge in [-0.25, -0.2) is 4.98 Å². The highest BCUT2D eigenvalue weighted by Crippen LogP contribution is 2.35. The second-order valence-electron chi connectivity index (χ2n) is 5.87. The quantitative estimate of drug-likeness (QED) is 0.825. The number of thiazole rings is 1. The summed E-state index contributed by atoms with van der Waals surface area (Å²) < 4.78 is 1.09. The Morgan fingerprint density at radius 1 is 1.21 bits per heavy atom. The van der Waals surface area contributed by atoms with E-state index in [4.69, 9.17) is 11.6 Å². The maximum Gasteiger partial charge on any atom is 0.184 e. The highest BCUT2D eigenvalue weighted by Gasteiger charge is 2.24. The van der Waals surface area contributed by atoms with E-state index in [1.54, 1.807) is 11.3 Å². The molecule has 0 bridgehead atoms. The molecule has 1 aromatic carbocycles. The van der Waals surface area contributed by atoms with E-state index in [9.17, 15) is 0 Å². The lowest BCUT2D eigenvalue weighted by atomic mass is 9.80. The molecule has 1 aliphatic rings. The first-order valence-electron chi connectivity index (χ1n) is 6.93. The van der Waals surface area contributed by atoms with Crippen molar-refractivity contribution in [3.63, 3.8) is 0 Å². The summed E-state index contributed by atoms with van der Waals surface area (Å²) in [6.07, 6.45) is 3.84. The van der Waals surface area contributed by atoms with Crippen LogP contribution >= 0.6 is 22.9 Å². The number of rotatable bonds is 2. The van der Waals surface area contributed by atoms with E-state index in [1.807, 2.05) is 18.2 Å². The van der Waals surface area contributed by atoms with E-state index in [0.29, 0.717) is 6.04 Å². The van der Waals surface area contributed by atoms with Crippen LogP contribution in [0.5, 0.6) is 0 Å². The molecule has 2 unspecified atom stereocenters. The summed E-state index contributed by atoms with van der Waals surface area (Å²) in [5.41, 5.74) is 0.997. The maximum absolute atomic E-state index is 6.20. The second kappa shape index (κ2) is 5.29. The van der Waals surface area contributed by atoms with E-state index in [0.717, 1.165) is 32.2 Å². The fourth-order valence-corrected chi connectivity index (χ4v) is 4.45. The van der Waals surface area contributed by atoms with Crippen molar-refractivity contribution in [1.82, 2.24) is 4.98 Å². The van der Waals surface area contributed by atoms with Crippen molar-refractivity contribution in [3.8, 4) is 0 Å². The van der Waals surface area contributed by atoms with Crippen LogP contribution in [-0.2, 0) is 0 Å². The smallest absolute Gasteiger partial charge is 0.184 e. The fraction of sp³-hybridized carbons (Fsp3) is 0.533. The van der Waals surface area contributed by atoms with Gasteiger partial charge in [-0.1, -0.05) is 42.9 Å². The molecule has 0 radical (unpaired) electrons. The molecule has 0 spiro atoms. The van der Waals surface area contributed by atoms with Crippen LogP contribution in [0.1, 0.15) is 33.1 Å². The minimum absolute atomic E-state index is 0.554. The molecule has 0 aliphatic heterocycles. The van der Waals surface area contributed by atoms with Gasteiger partial charge in [0.05, 0.1) is 15.2 Å². The Bertz CT molecular complexity index is 571. The van der Waals surface area contributed by atoms with E-state index < -0.39 is 0 Å². The number of nitrogens with one attached hydrogen (secondary N) is 1. The summed E-state index contributed by atoms with van der Waals surface area (Å²) >= 11 is 7.87. The fourth-order valence-electron chi connectivity index (χ4n) is 3.22. The lowest BCUT2D eigenvalue weighted by Crippen LogP contribution is -2.30. The number of benzene rings is 1. The summed E-state index contributed by atoms with van der Waals surface area (Å²) in [6, 6.07) is 6.46. The van der Waals surface area contributed by atoms with Gasteiger partial charge in [0.15, 0.2) is 5.13 Å². The lowest BCUT2D eigenvalue weighted by molar-refractivity contribution is 0.281. The van der Waals surface area contributed by atoms with Crippen LogP contribution in [0, 0.1) is 11.8 Å². The molecule has 0 saturated heterocycles. The molecule has 19 heavy (non-hydrogen) atoms. The Labute approximate surface area is 123 Å². The number of hydrogen-bond donors (Lipinski definition) is 1. The monoisotopic (exact) mass is 294 g/mol. The molecule has 4 heteroatoms. The number of aromatic nitrogens is 1. The number of halogens is 1. The van der Waals surface area contributed by atoms with Crippen molar-refractivity contribution < 1.29 is 0 Å². The molecule has 1 aromatic heterocycles. The number of nitrogens with zero attached hydrogens (tertiary/aromatic N) is 1. The van der Waals surface area contributed by atoms with Gasteiger partial charge in [-0.3, -0.25) is 0 Å². The molecular weight excluding hydrogens is 276 g/mol. The van der Waals surface area contributed by atoms with Crippen molar-refractivity contribution in [3.05, 3.63) is 23.2 Å². The van der Waals surface area contributed by atoms with Crippen molar-refractivity contribution in [2.24, 2.45) is 11.8 Å². The summed E-state index contributed by atoms with van der Waals surface area (Å²) in [4.78, 5) is 4.64. The molecule has 2 nitrogen and oxygen atoms in total. The zero-order valence-electron chi connectivity index (χ0n) is 11.3. The van der Waals surface area contributed by atoms with Crippen LogP contribution in [-0.4, -0.2) is 11.0 Å². The van der Waals surface area contributed by atoms with Gasteiger partial charge < -0.3 is 5.32 Å². The van der Waals surface area contributed by atoms with Gasteiger partial charge in [0, 0.05) is 6.04 Å². The number of hydrogen-bond acceptors (Lipinski definition) is 3. The van der Waals surface area contributed by atoms with Crippen molar-refractivity contribution >= 4 is 38.3 Å². The zero-order chi connectivity index (χ0) is 13.4. The third-order valence-corrected chi connectivity index (χ3v) is 5.34. The first-order valence-corrected chi connectivity index (χ1v) is 8.13. The van der Waals surface area contributed by atoms with E-state index in [-0.39, 0.29) is 0 Å². The average Bonchev–Trinajstić information content (AvgIpc) is 2.71. The normalized spacial score (nSPS) is 27.6. The second-order valence-corrected chi connectivity index (χ2v) is 7.27. The number of fused-ring (bicyclic) bond motifs is 1. The highest BCUT2D eigenvalue weighted by atomic mass is 35.5. The first-order chi connectivity index (χ1) is 9.11. The first kappa shape index (κ1) is 13.2. The average molecular weight is 295 g/mol. The molecule has 1 fully saturated rings. The van der Waals surface area contributed by atoms with E-state index in [2.05, 4.69) is 24.1 Å². The molecular formula is C15H19ClN2S. The van der Waals surface area contributed by atoms with Crippen molar-refractivity contribution in [1.29, 1.82) is 0 Å². The van der Waals surface area contributed by atoms with Crippen LogP contribution in [0.2, 0.25) is 5.02 Å². The lowest BCUT2D eigenvalue weighted by Gasteiger charge is -2.31. The van der Waals surface area contributed by atoms with E-state index in [1.165, 1.54) is 19.3 Å². The van der Waals surface area contributed by atoms with Crippen molar-refractivity contribution in [2.45, 2.75) is 39.2 Å². The molecule has 102 valence electrons. The summed E-state index contributed by atoms with van der Waals surface area (Å²) in [5.74, 6) is 1.61. The topological polar surface area (TPSA) is 24.9 Å². The maximum atomic E-state index is 6.20. The SMILES string of the molecule is CC1CC(C)CC(Nc2nc3cccc(Cl)c3s2)C1. The predicted octanol–water partition coefficient (Wildman–Crippen LogP) is 5.19. The Balaban J connectivity index is 1.79. The Morgan fingerprint density at radius 3 is 2.63 bits per heavy atom. The third-order valence-electron chi connectivity index (χ3n) is 3.87. The van der Waals surface area contributed by atoms with Crippen LogP contribution in [0.4, 0.5) is 5.13 Å². The van der Waals surface area contributed by atoms with Crippen LogP contribution in [0.15, 0.2) is 18.2 Å². The van der Waals surface area contributed by atoms with Gasteiger partial charge in [0.25, 0.3) is 0 Å². The van der Waals surface area contributed by atoms with Gasteiger partial charge in [0.1, 0.15) is 0 Å². The Hall–Kier alpha value is -0.800. The molecule has 3 rings (SSSR count). The molecule has 2 atom stereocenters. The highest BCUT2D eigenvalue weighted by molar-refractivity contribution is 7.22. The summed E-state index contributed by atoms with van der Waals surface area (Å²) in [7, 11) is 0. The minimum Gasteiger partial charge on any atom is -0.359 e. The van der Waals surface area contributed by atoms with Crippen LogP contribution in [0.25, 0.3) is 10.2 Å². The minimum atomic E-state index is 0.554. The van der Waals surface area contributed by atoms with E-state index >= 15 is 0 Å². The third kappa shape index (κ3) is 2.87. The Morgan fingerprint density at radius 2 is 1.95 bits per heavy atom. The van der Waals surface area contributed by atoms with Gasteiger partial charge in [-0.15, -0.1) is 0 Å². The van der Waals surface area contributed by atoms with Gasteiger partial charge >= 0.3 is 0 Å². The molecule has 2 aromatic rings. The molecule has 1 aliphatic carbocycles.